The minimum absolute atomic E-state index is 0.113. The first-order valence-electron chi connectivity index (χ1n) is 6.58. The van der Waals surface area contributed by atoms with Crippen LogP contribution in [-0.2, 0) is 11.3 Å². The topological polar surface area (TPSA) is 61.6 Å². The molecule has 1 aromatic heterocycles. The summed E-state index contributed by atoms with van der Waals surface area (Å²) in [5.74, 6) is 0.978. The van der Waals surface area contributed by atoms with Gasteiger partial charge in [0, 0.05) is 45.8 Å². The Balaban J connectivity index is 2.14. The third-order valence-electron chi connectivity index (χ3n) is 3.62. The molecule has 19 heavy (non-hydrogen) atoms. The highest BCUT2D eigenvalue weighted by molar-refractivity contribution is 5.81. The highest BCUT2D eigenvalue weighted by atomic mass is 16.5. The molecule has 1 atom stereocenters. The average molecular weight is 266 g/mol. The molecule has 1 aliphatic heterocycles. The Morgan fingerprint density at radius 2 is 2.26 bits per heavy atom. The van der Waals surface area contributed by atoms with Crippen LogP contribution in [0.1, 0.15) is 17.0 Å². The van der Waals surface area contributed by atoms with E-state index in [1.54, 1.807) is 19.0 Å². The molecule has 6 heteroatoms. The van der Waals surface area contributed by atoms with E-state index in [9.17, 15) is 4.79 Å². The molecule has 1 unspecified atom stereocenters. The summed E-state index contributed by atoms with van der Waals surface area (Å²) < 4.78 is 5.19. The molecule has 0 radical (unpaired) electrons. The number of piperazine rings is 1. The van der Waals surface area contributed by atoms with Gasteiger partial charge >= 0.3 is 0 Å². The molecule has 6 nitrogen and oxygen atoms in total. The number of amides is 1. The number of nitrogens with zero attached hydrogens (tertiary/aromatic N) is 3. The van der Waals surface area contributed by atoms with Crippen molar-refractivity contribution >= 4 is 5.91 Å². The number of hydrogen-bond acceptors (Lipinski definition) is 5. The second-order valence-corrected chi connectivity index (χ2v) is 5.23. The van der Waals surface area contributed by atoms with Gasteiger partial charge < -0.3 is 14.7 Å². The van der Waals surface area contributed by atoms with Gasteiger partial charge in [0.2, 0.25) is 5.91 Å². The molecule has 1 fully saturated rings. The van der Waals surface area contributed by atoms with E-state index in [1.165, 1.54) is 0 Å². The van der Waals surface area contributed by atoms with E-state index < -0.39 is 0 Å². The molecular formula is C13H22N4O2. The van der Waals surface area contributed by atoms with Gasteiger partial charge in [0.15, 0.2) is 0 Å². The molecule has 1 aromatic rings. The van der Waals surface area contributed by atoms with Crippen LogP contribution in [0.25, 0.3) is 0 Å². The Morgan fingerprint density at radius 1 is 1.53 bits per heavy atom. The number of carbonyl (C=O) groups excluding carboxylic acids is 1. The minimum Gasteiger partial charge on any atom is -0.361 e. The largest absolute Gasteiger partial charge is 0.361 e. The maximum absolute atomic E-state index is 12.2. The zero-order chi connectivity index (χ0) is 14.0. The van der Waals surface area contributed by atoms with Crippen molar-refractivity contribution in [1.29, 1.82) is 0 Å². The van der Waals surface area contributed by atoms with Crippen molar-refractivity contribution in [3.8, 4) is 0 Å². The molecule has 0 aromatic carbocycles. The summed E-state index contributed by atoms with van der Waals surface area (Å²) in [6, 6.07) is -0.113. The number of hydrogen-bond donors (Lipinski definition) is 1. The number of aryl methyl sites for hydroxylation is 2. The molecule has 2 rings (SSSR count). The maximum atomic E-state index is 12.2. The van der Waals surface area contributed by atoms with E-state index in [1.807, 2.05) is 13.8 Å². The quantitative estimate of drug-likeness (QED) is 0.844. The first-order chi connectivity index (χ1) is 9.00. The number of aromatic nitrogens is 1. The van der Waals surface area contributed by atoms with E-state index in [-0.39, 0.29) is 11.9 Å². The third-order valence-corrected chi connectivity index (χ3v) is 3.62. The van der Waals surface area contributed by atoms with Crippen LogP contribution in [0.4, 0.5) is 0 Å². The van der Waals surface area contributed by atoms with Gasteiger partial charge in [-0.3, -0.25) is 9.69 Å². The predicted octanol–water partition coefficient (Wildman–Crippen LogP) is 0.153. The van der Waals surface area contributed by atoms with Crippen molar-refractivity contribution in [2.45, 2.75) is 26.4 Å². The lowest BCUT2D eigenvalue weighted by atomic mass is 10.1. The zero-order valence-corrected chi connectivity index (χ0v) is 12.1. The second kappa shape index (κ2) is 5.71. The van der Waals surface area contributed by atoms with Crippen LogP contribution in [0, 0.1) is 13.8 Å². The minimum atomic E-state index is -0.113. The van der Waals surface area contributed by atoms with Gasteiger partial charge in [0.25, 0.3) is 0 Å². The van der Waals surface area contributed by atoms with Gasteiger partial charge in [-0.1, -0.05) is 5.16 Å². The lowest BCUT2D eigenvalue weighted by Crippen LogP contribution is -2.57. The molecule has 1 saturated heterocycles. The van der Waals surface area contributed by atoms with E-state index in [2.05, 4.69) is 15.4 Å². The van der Waals surface area contributed by atoms with Gasteiger partial charge in [0.1, 0.15) is 11.8 Å². The number of nitrogens with one attached hydrogen (secondary N) is 1. The summed E-state index contributed by atoms with van der Waals surface area (Å²) in [5.41, 5.74) is 2.01. The molecule has 1 amide bonds. The monoisotopic (exact) mass is 266 g/mol. The van der Waals surface area contributed by atoms with Crippen LogP contribution in [-0.4, -0.2) is 60.6 Å². The molecule has 0 saturated carbocycles. The molecule has 106 valence electrons. The smallest absolute Gasteiger partial charge is 0.240 e. The normalized spacial score (nSPS) is 20.5. The average Bonchev–Trinajstić information content (AvgIpc) is 2.70. The summed E-state index contributed by atoms with van der Waals surface area (Å²) in [7, 11) is 3.59. The maximum Gasteiger partial charge on any atom is 0.240 e. The molecule has 0 aliphatic carbocycles. The zero-order valence-electron chi connectivity index (χ0n) is 12.1. The van der Waals surface area contributed by atoms with Crippen LogP contribution in [0.3, 0.4) is 0 Å². The van der Waals surface area contributed by atoms with Crippen LogP contribution in [0.15, 0.2) is 4.52 Å². The van der Waals surface area contributed by atoms with Crippen molar-refractivity contribution in [2.75, 3.05) is 33.7 Å². The van der Waals surface area contributed by atoms with Crippen molar-refractivity contribution in [3.05, 3.63) is 17.0 Å². The highest BCUT2D eigenvalue weighted by Gasteiger charge is 2.30. The molecule has 0 bridgehead atoms. The van der Waals surface area contributed by atoms with Crippen molar-refractivity contribution < 1.29 is 9.32 Å². The first-order valence-corrected chi connectivity index (χ1v) is 6.58. The fraction of sp³-hybridized carbons (Fsp3) is 0.692. The summed E-state index contributed by atoms with van der Waals surface area (Å²) in [5, 5.41) is 7.26. The number of carbonyl (C=O) groups is 1. The molecule has 2 heterocycles. The fourth-order valence-electron chi connectivity index (χ4n) is 2.41. The van der Waals surface area contributed by atoms with Crippen LogP contribution < -0.4 is 5.32 Å². The van der Waals surface area contributed by atoms with E-state index >= 15 is 0 Å². The Labute approximate surface area is 113 Å². The van der Waals surface area contributed by atoms with Crippen LogP contribution >= 0.6 is 0 Å². The fourth-order valence-corrected chi connectivity index (χ4v) is 2.41. The number of likely N-dealkylation sites (N-methyl/N-ethyl adjacent to an activating group) is 1. The SMILES string of the molecule is Cc1noc(C)c1CN1CCNCC1C(=O)N(C)C. The Kier molecular flexibility index (Phi) is 4.21. The van der Waals surface area contributed by atoms with E-state index in [4.69, 9.17) is 4.52 Å². The summed E-state index contributed by atoms with van der Waals surface area (Å²) in [6.45, 7) is 7.03. The number of rotatable bonds is 3. The summed E-state index contributed by atoms with van der Waals surface area (Å²) in [6.07, 6.45) is 0. The highest BCUT2D eigenvalue weighted by Crippen LogP contribution is 2.18. The lowest BCUT2D eigenvalue weighted by Gasteiger charge is -2.36. The second-order valence-electron chi connectivity index (χ2n) is 5.23. The molecule has 1 N–H and O–H groups in total. The predicted molar refractivity (Wildman–Crippen MR) is 71.7 cm³/mol. The van der Waals surface area contributed by atoms with Gasteiger partial charge in [0.05, 0.1) is 5.69 Å². The Hall–Kier alpha value is -1.40. The van der Waals surface area contributed by atoms with Crippen molar-refractivity contribution in [1.82, 2.24) is 20.3 Å². The molecule has 0 spiro atoms. The van der Waals surface area contributed by atoms with Crippen LogP contribution in [0.5, 0.6) is 0 Å². The van der Waals surface area contributed by atoms with Gasteiger partial charge in [-0.05, 0) is 13.8 Å². The third kappa shape index (κ3) is 2.96. The summed E-state index contributed by atoms with van der Waals surface area (Å²) in [4.78, 5) is 16.1. The molecule has 1 aliphatic rings. The van der Waals surface area contributed by atoms with Crippen LogP contribution in [0.2, 0.25) is 0 Å². The molecular weight excluding hydrogens is 244 g/mol. The van der Waals surface area contributed by atoms with Gasteiger partial charge in [-0.25, -0.2) is 0 Å². The Morgan fingerprint density at radius 3 is 2.84 bits per heavy atom. The van der Waals surface area contributed by atoms with Crippen molar-refractivity contribution in [2.24, 2.45) is 0 Å². The summed E-state index contributed by atoms with van der Waals surface area (Å²) >= 11 is 0. The van der Waals surface area contributed by atoms with E-state index in [0.717, 1.165) is 30.1 Å². The van der Waals surface area contributed by atoms with Gasteiger partial charge in [-0.15, -0.1) is 0 Å². The Bertz CT molecular complexity index is 436. The standard InChI is InChI=1S/C13H22N4O2/c1-9-11(10(2)19-15-9)8-17-6-5-14-7-12(17)13(18)16(3)4/h12,14H,5-8H2,1-4H3. The lowest BCUT2D eigenvalue weighted by molar-refractivity contribution is -0.135. The van der Waals surface area contributed by atoms with E-state index in [0.29, 0.717) is 13.1 Å². The van der Waals surface area contributed by atoms with Crippen molar-refractivity contribution in [3.63, 3.8) is 0 Å². The van der Waals surface area contributed by atoms with Gasteiger partial charge in [-0.2, -0.15) is 0 Å². The first kappa shape index (κ1) is 14.0.